The molecule has 0 atom stereocenters. The highest BCUT2D eigenvalue weighted by Gasteiger charge is 2.23. The number of hydrogen-bond donors (Lipinski definition) is 0. The first kappa shape index (κ1) is 31.1. The van der Waals surface area contributed by atoms with Gasteiger partial charge in [0.15, 0.2) is 0 Å². The summed E-state index contributed by atoms with van der Waals surface area (Å²) in [6.07, 6.45) is 0. The predicted octanol–water partition coefficient (Wildman–Crippen LogP) is 14.9. The fraction of sp³-hybridized carbons (Fsp3) is 0.0385. The largest absolute Gasteiger partial charge is 0.310 e. The van der Waals surface area contributed by atoms with Gasteiger partial charge in [0.25, 0.3) is 0 Å². The van der Waals surface area contributed by atoms with Crippen molar-refractivity contribution >= 4 is 70.9 Å². The van der Waals surface area contributed by atoms with Crippen molar-refractivity contribution in [2.24, 2.45) is 0 Å². The Balaban J connectivity index is 1.38. The van der Waals surface area contributed by atoms with Gasteiger partial charge >= 0.3 is 0 Å². The third kappa shape index (κ3) is 5.08. The van der Waals surface area contributed by atoms with E-state index >= 15 is 0 Å². The third-order valence-corrected chi connectivity index (χ3v) is 11.0. The highest BCUT2D eigenvalue weighted by atomic mass is 15.1. The number of hydrogen-bond acceptors (Lipinski definition) is 1. The van der Waals surface area contributed by atoms with Crippen molar-refractivity contribution in [3.05, 3.63) is 199 Å². The summed E-state index contributed by atoms with van der Waals surface area (Å²) in [5.41, 5.74) is 10.8. The normalized spacial score (nSPS) is 11.6. The van der Waals surface area contributed by atoms with E-state index in [1.54, 1.807) is 0 Å². The minimum absolute atomic E-state index is 1.12. The van der Waals surface area contributed by atoms with Crippen LogP contribution in [0.3, 0.4) is 0 Å². The smallest absolute Gasteiger partial charge is 0.0546 e. The van der Waals surface area contributed by atoms with Gasteiger partial charge in [-0.25, -0.2) is 0 Å². The molecule has 0 aliphatic heterocycles. The molecular formula is C52H37N. The molecule has 0 fully saturated rings. The van der Waals surface area contributed by atoms with Gasteiger partial charge in [-0.3, -0.25) is 0 Å². The Morgan fingerprint density at radius 1 is 0.302 bits per heavy atom. The average molecular weight is 676 g/mol. The van der Waals surface area contributed by atoms with Gasteiger partial charge in [-0.1, -0.05) is 157 Å². The Hall–Kier alpha value is -6.70. The van der Waals surface area contributed by atoms with Gasteiger partial charge in [-0.15, -0.1) is 0 Å². The molecule has 0 aliphatic carbocycles. The molecule has 0 heterocycles. The van der Waals surface area contributed by atoms with Crippen molar-refractivity contribution in [2.75, 3.05) is 4.90 Å². The first-order valence-corrected chi connectivity index (χ1v) is 18.4. The van der Waals surface area contributed by atoms with Crippen LogP contribution in [-0.4, -0.2) is 0 Å². The molecule has 0 radical (unpaired) electrons. The van der Waals surface area contributed by atoms with Crippen molar-refractivity contribution in [1.29, 1.82) is 0 Å². The molecule has 10 aromatic rings. The molecule has 250 valence electrons. The monoisotopic (exact) mass is 675 g/mol. The molecule has 0 bridgehead atoms. The zero-order chi connectivity index (χ0) is 35.5. The second-order valence-corrected chi connectivity index (χ2v) is 14.2. The van der Waals surface area contributed by atoms with Crippen LogP contribution in [-0.2, 0) is 0 Å². The summed E-state index contributed by atoms with van der Waals surface area (Å²) in [5, 5.41) is 12.9. The Morgan fingerprint density at radius 3 is 1.55 bits per heavy atom. The second kappa shape index (κ2) is 12.5. The van der Waals surface area contributed by atoms with Gasteiger partial charge in [-0.05, 0) is 121 Å². The van der Waals surface area contributed by atoms with Crippen molar-refractivity contribution in [2.45, 2.75) is 13.8 Å². The molecule has 10 rings (SSSR count). The SMILES string of the molecule is Cc1ccc2c(c1)c1c3ccccc3c3cc(-c4ccccc4)ccc3c1c1c(N(c3ccccc3)c3ccc(-c4ccccc4)cc3)ccc(C)c21. The Labute approximate surface area is 310 Å². The van der Waals surface area contributed by atoms with E-state index in [9.17, 15) is 0 Å². The predicted molar refractivity (Wildman–Crippen MR) is 229 cm³/mol. The van der Waals surface area contributed by atoms with E-state index in [0.717, 1.165) is 11.4 Å². The van der Waals surface area contributed by atoms with Crippen LogP contribution in [0.5, 0.6) is 0 Å². The molecule has 1 nitrogen and oxygen atoms in total. The van der Waals surface area contributed by atoms with Crippen LogP contribution in [0.4, 0.5) is 17.1 Å². The fourth-order valence-electron chi connectivity index (χ4n) is 8.54. The van der Waals surface area contributed by atoms with Crippen molar-refractivity contribution in [1.82, 2.24) is 0 Å². The van der Waals surface area contributed by atoms with Gasteiger partial charge in [-0.2, -0.15) is 0 Å². The lowest BCUT2D eigenvalue weighted by Gasteiger charge is -2.29. The lowest BCUT2D eigenvalue weighted by atomic mass is 9.84. The van der Waals surface area contributed by atoms with E-state index < -0.39 is 0 Å². The number of nitrogens with zero attached hydrogens (tertiary/aromatic N) is 1. The third-order valence-electron chi connectivity index (χ3n) is 11.0. The van der Waals surface area contributed by atoms with Gasteiger partial charge in [0, 0.05) is 22.1 Å². The number of anilines is 3. The average Bonchev–Trinajstić information content (AvgIpc) is 3.22. The number of aryl methyl sites for hydroxylation is 2. The zero-order valence-electron chi connectivity index (χ0n) is 29.8. The lowest BCUT2D eigenvalue weighted by molar-refractivity contribution is 1.30. The van der Waals surface area contributed by atoms with Gasteiger partial charge in [0.1, 0.15) is 0 Å². The molecule has 10 aromatic carbocycles. The summed E-state index contributed by atoms with van der Waals surface area (Å²) in [6.45, 7) is 4.49. The standard InChI is InChI=1S/C52H37N/c1-34-22-29-45-47(32-34)50-43-21-13-12-20-42(43)46-33-39(37-16-8-4-9-17-37)26-30-44(46)51(50)52-48(31-23-35(2)49(45)52)53(40-18-10-5-11-19-40)41-27-24-38(25-28-41)36-14-6-3-7-15-36/h3-33H,1-2H3. The lowest BCUT2D eigenvalue weighted by Crippen LogP contribution is -2.11. The zero-order valence-corrected chi connectivity index (χ0v) is 29.8. The maximum absolute atomic E-state index is 2.45. The van der Waals surface area contributed by atoms with E-state index in [2.05, 4.69) is 207 Å². The summed E-state index contributed by atoms with van der Waals surface area (Å²) < 4.78 is 0. The highest BCUT2D eigenvalue weighted by Crippen LogP contribution is 2.50. The molecule has 0 spiro atoms. The van der Waals surface area contributed by atoms with Gasteiger partial charge in [0.05, 0.1) is 5.69 Å². The van der Waals surface area contributed by atoms with Crippen LogP contribution < -0.4 is 4.90 Å². The molecule has 0 saturated carbocycles. The second-order valence-electron chi connectivity index (χ2n) is 14.2. The van der Waals surface area contributed by atoms with Crippen LogP contribution in [0.25, 0.3) is 76.1 Å². The first-order chi connectivity index (χ1) is 26.1. The van der Waals surface area contributed by atoms with Crippen molar-refractivity contribution in [3.8, 4) is 22.3 Å². The Bertz CT molecular complexity index is 2980. The van der Waals surface area contributed by atoms with E-state index in [1.807, 2.05) is 0 Å². The summed E-state index contributed by atoms with van der Waals surface area (Å²) in [4.78, 5) is 2.45. The van der Waals surface area contributed by atoms with Crippen molar-refractivity contribution in [3.63, 3.8) is 0 Å². The number of rotatable bonds is 5. The molecule has 53 heavy (non-hydrogen) atoms. The molecule has 0 unspecified atom stereocenters. The van der Waals surface area contributed by atoms with E-state index in [4.69, 9.17) is 0 Å². The van der Waals surface area contributed by atoms with Crippen LogP contribution in [0.2, 0.25) is 0 Å². The summed E-state index contributed by atoms with van der Waals surface area (Å²) in [7, 11) is 0. The topological polar surface area (TPSA) is 3.24 Å². The van der Waals surface area contributed by atoms with Gasteiger partial charge in [0.2, 0.25) is 0 Å². The molecular weight excluding hydrogens is 639 g/mol. The molecule has 0 aromatic heterocycles. The number of benzene rings is 10. The minimum Gasteiger partial charge on any atom is -0.310 e. The van der Waals surface area contributed by atoms with Crippen molar-refractivity contribution < 1.29 is 0 Å². The summed E-state index contributed by atoms with van der Waals surface area (Å²) >= 11 is 0. The van der Waals surface area contributed by atoms with E-state index in [1.165, 1.54) is 92.9 Å². The molecule has 0 amide bonds. The van der Waals surface area contributed by atoms with Crippen LogP contribution in [0.15, 0.2) is 188 Å². The Morgan fingerprint density at radius 2 is 0.830 bits per heavy atom. The molecule has 1 heteroatoms. The van der Waals surface area contributed by atoms with Gasteiger partial charge < -0.3 is 4.90 Å². The highest BCUT2D eigenvalue weighted by molar-refractivity contribution is 6.41. The van der Waals surface area contributed by atoms with Crippen LogP contribution in [0, 0.1) is 13.8 Å². The number of para-hydroxylation sites is 1. The van der Waals surface area contributed by atoms with Crippen LogP contribution in [0.1, 0.15) is 11.1 Å². The maximum Gasteiger partial charge on any atom is 0.0546 e. The molecule has 0 saturated heterocycles. The van der Waals surface area contributed by atoms with Crippen LogP contribution >= 0.6 is 0 Å². The quantitative estimate of drug-likeness (QED) is 0.164. The number of fused-ring (bicyclic) bond motifs is 11. The Kier molecular flexibility index (Phi) is 7.33. The minimum atomic E-state index is 1.12. The molecule has 0 N–H and O–H groups in total. The maximum atomic E-state index is 2.45. The first-order valence-electron chi connectivity index (χ1n) is 18.4. The molecule has 0 aliphatic rings. The van der Waals surface area contributed by atoms with E-state index in [0.29, 0.717) is 0 Å². The summed E-state index contributed by atoms with van der Waals surface area (Å²) in [6, 6.07) is 69.0. The van der Waals surface area contributed by atoms with E-state index in [-0.39, 0.29) is 0 Å². The fourth-order valence-corrected chi connectivity index (χ4v) is 8.54. The summed E-state index contributed by atoms with van der Waals surface area (Å²) in [5.74, 6) is 0.